The first kappa shape index (κ1) is 13.7. The van der Waals surface area contributed by atoms with E-state index in [2.05, 4.69) is 14.8 Å². The third-order valence-electron chi connectivity index (χ3n) is 2.83. The van der Waals surface area contributed by atoms with Crippen LogP contribution in [0.4, 0.5) is 0 Å². The standard InChI is InChI=1S/C12H16N4O2S/c1-7-4-5-19-10(7)9(8(2)13)16-6-14-11(15-16)12(17)18-3/h4-6,8-9H,13H2,1-3H3. The molecule has 0 saturated heterocycles. The van der Waals surface area contributed by atoms with E-state index in [1.807, 2.05) is 25.3 Å². The van der Waals surface area contributed by atoms with Crippen molar-refractivity contribution in [1.29, 1.82) is 0 Å². The zero-order chi connectivity index (χ0) is 14.0. The van der Waals surface area contributed by atoms with E-state index in [-0.39, 0.29) is 17.9 Å². The SMILES string of the molecule is COC(=O)c1ncn(C(c2sccc2C)C(C)N)n1. The number of nitrogens with zero attached hydrogens (tertiary/aromatic N) is 3. The van der Waals surface area contributed by atoms with Crippen LogP contribution in [0.2, 0.25) is 0 Å². The Morgan fingerprint density at radius 3 is 2.84 bits per heavy atom. The smallest absolute Gasteiger partial charge is 0.377 e. The van der Waals surface area contributed by atoms with E-state index in [0.29, 0.717) is 0 Å². The number of aryl methyl sites for hydroxylation is 1. The lowest BCUT2D eigenvalue weighted by Crippen LogP contribution is -2.30. The molecular weight excluding hydrogens is 264 g/mol. The highest BCUT2D eigenvalue weighted by Gasteiger charge is 2.24. The number of carbonyl (C=O) groups excluding carboxylic acids is 1. The van der Waals surface area contributed by atoms with E-state index in [1.165, 1.54) is 13.4 Å². The number of hydrogen-bond donors (Lipinski definition) is 1. The fraction of sp³-hybridized carbons (Fsp3) is 0.417. The molecule has 0 aliphatic carbocycles. The van der Waals surface area contributed by atoms with E-state index in [9.17, 15) is 4.79 Å². The molecule has 6 nitrogen and oxygen atoms in total. The summed E-state index contributed by atoms with van der Waals surface area (Å²) >= 11 is 1.62. The summed E-state index contributed by atoms with van der Waals surface area (Å²) in [6.45, 7) is 3.93. The summed E-state index contributed by atoms with van der Waals surface area (Å²) < 4.78 is 6.22. The van der Waals surface area contributed by atoms with Gasteiger partial charge < -0.3 is 10.5 Å². The summed E-state index contributed by atoms with van der Waals surface area (Å²) in [6.07, 6.45) is 1.51. The fourth-order valence-corrected chi connectivity index (χ4v) is 3.02. The van der Waals surface area contributed by atoms with Crippen LogP contribution in [-0.2, 0) is 4.74 Å². The van der Waals surface area contributed by atoms with Crippen LogP contribution < -0.4 is 5.73 Å². The predicted molar refractivity (Wildman–Crippen MR) is 72.2 cm³/mol. The average Bonchev–Trinajstić information content (AvgIpc) is 2.99. The highest BCUT2D eigenvalue weighted by Crippen LogP contribution is 2.28. The molecule has 7 heteroatoms. The number of carbonyl (C=O) groups is 1. The Morgan fingerprint density at radius 1 is 1.58 bits per heavy atom. The van der Waals surface area contributed by atoms with Crippen LogP contribution in [0.1, 0.15) is 34.0 Å². The average molecular weight is 280 g/mol. The molecule has 2 atom stereocenters. The Morgan fingerprint density at radius 2 is 2.32 bits per heavy atom. The summed E-state index contributed by atoms with van der Waals surface area (Å²) in [5.74, 6) is -0.507. The third-order valence-corrected chi connectivity index (χ3v) is 3.92. The van der Waals surface area contributed by atoms with Crippen molar-refractivity contribution < 1.29 is 9.53 Å². The summed E-state index contributed by atoms with van der Waals surface area (Å²) in [4.78, 5) is 16.5. The molecular formula is C12H16N4O2S. The zero-order valence-corrected chi connectivity index (χ0v) is 11.8. The second kappa shape index (κ2) is 5.50. The highest BCUT2D eigenvalue weighted by molar-refractivity contribution is 7.10. The van der Waals surface area contributed by atoms with Crippen LogP contribution in [0.3, 0.4) is 0 Å². The number of rotatable bonds is 4. The van der Waals surface area contributed by atoms with Crippen LogP contribution in [0.25, 0.3) is 0 Å². The molecule has 0 amide bonds. The van der Waals surface area contributed by atoms with Gasteiger partial charge in [-0.1, -0.05) is 0 Å². The largest absolute Gasteiger partial charge is 0.463 e. The molecule has 0 aliphatic rings. The van der Waals surface area contributed by atoms with Gasteiger partial charge in [0.1, 0.15) is 12.4 Å². The maximum Gasteiger partial charge on any atom is 0.377 e. The van der Waals surface area contributed by atoms with Gasteiger partial charge in [0.05, 0.1) is 7.11 Å². The number of hydrogen-bond acceptors (Lipinski definition) is 6. The summed E-state index contributed by atoms with van der Waals surface area (Å²) in [6, 6.07) is 1.75. The van der Waals surface area contributed by atoms with Crippen molar-refractivity contribution >= 4 is 17.3 Å². The summed E-state index contributed by atoms with van der Waals surface area (Å²) in [5.41, 5.74) is 7.20. The molecule has 0 fully saturated rings. The van der Waals surface area contributed by atoms with Gasteiger partial charge in [-0.3, -0.25) is 0 Å². The van der Waals surface area contributed by atoms with Gasteiger partial charge in [-0.25, -0.2) is 14.5 Å². The monoisotopic (exact) mass is 280 g/mol. The molecule has 0 aromatic carbocycles. The fourth-order valence-electron chi connectivity index (χ4n) is 1.88. The molecule has 2 aromatic heterocycles. The molecule has 2 rings (SSSR count). The van der Waals surface area contributed by atoms with E-state index in [4.69, 9.17) is 5.73 Å². The quantitative estimate of drug-likeness (QED) is 0.855. The third kappa shape index (κ3) is 2.66. The maximum atomic E-state index is 11.4. The van der Waals surface area contributed by atoms with E-state index >= 15 is 0 Å². The second-order valence-electron chi connectivity index (χ2n) is 4.31. The predicted octanol–water partition coefficient (Wildman–Crippen LogP) is 1.37. The number of esters is 1. The summed E-state index contributed by atoms with van der Waals surface area (Å²) in [5, 5.41) is 6.17. The molecule has 102 valence electrons. The molecule has 0 bridgehead atoms. The van der Waals surface area contributed by atoms with Crippen molar-refractivity contribution in [3.8, 4) is 0 Å². The molecule has 0 radical (unpaired) electrons. The van der Waals surface area contributed by atoms with Gasteiger partial charge in [-0.15, -0.1) is 16.4 Å². The first-order chi connectivity index (χ1) is 9.04. The number of ether oxygens (including phenoxy) is 1. The number of thiophene rings is 1. The summed E-state index contributed by atoms with van der Waals surface area (Å²) in [7, 11) is 1.30. The van der Waals surface area contributed by atoms with Gasteiger partial charge in [0.15, 0.2) is 0 Å². The van der Waals surface area contributed by atoms with Crippen LogP contribution >= 0.6 is 11.3 Å². The molecule has 0 saturated carbocycles. The number of nitrogens with two attached hydrogens (primary N) is 1. The molecule has 2 N–H and O–H groups in total. The lowest BCUT2D eigenvalue weighted by molar-refractivity contribution is 0.0586. The maximum absolute atomic E-state index is 11.4. The Hall–Kier alpha value is -1.73. The molecule has 19 heavy (non-hydrogen) atoms. The second-order valence-corrected chi connectivity index (χ2v) is 5.26. The van der Waals surface area contributed by atoms with Crippen molar-refractivity contribution in [3.05, 3.63) is 34.0 Å². The Balaban J connectivity index is 2.38. The number of aromatic nitrogens is 3. The van der Waals surface area contributed by atoms with Gasteiger partial charge in [0.25, 0.3) is 5.82 Å². The molecule has 2 heterocycles. The highest BCUT2D eigenvalue weighted by atomic mass is 32.1. The Bertz CT molecular complexity index is 576. The van der Waals surface area contributed by atoms with Gasteiger partial charge in [-0.2, -0.15) is 0 Å². The van der Waals surface area contributed by atoms with Crippen LogP contribution in [-0.4, -0.2) is 33.9 Å². The molecule has 0 spiro atoms. The van der Waals surface area contributed by atoms with E-state index in [0.717, 1.165) is 10.4 Å². The lowest BCUT2D eigenvalue weighted by Gasteiger charge is -2.20. The first-order valence-electron chi connectivity index (χ1n) is 5.83. The molecule has 0 aliphatic heterocycles. The lowest BCUT2D eigenvalue weighted by atomic mass is 10.1. The van der Waals surface area contributed by atoms with Crippen molar-refractivity contribution in [2.45, 2.75) is 25.9 Å². The van der Waals surface area contributed by atoms with Crippen molar-refractivity contribution in [2.24, 2.45) is 5.73 Å². The normalized spacial score (nSPS) is 14.1. The van der Waals surface area contributed by atoms with Crippen molar-refractivity contribution in [1.82, 2.24) is 14.8 Å². The minimum Gasteiger partial charge on any atom is -0.463 e. The molecule has 2 unspecified atom stereocenters. The van der Waals surface area contributed by atoms with Gasteiger partial charge in [-0.05, 0) is 30.9 Å². The van der Waals surface area contributed by atoms with Crippen LogP contribution in [0.5, 0.6) is 0 Å². The van der Waals surface area contributed by atoms with E-state index < -0.39 is 5.97 Å². The zero-order valence-electron chi connectivity index (χ0n) is 11.0. The minimum atomic E-state index is -0.551. The first-order valence-corrected chi connectivity index (χ1v) is 6.71. The Labute approximate surface area is 115 Å². The van der Waals surface area contributed by atoms with Crippen LogP contribution in [0.15, 0.2) is 17.8 Å². The number of methoxy groups -OCH3 is 1. The van der Waals surface area contributed by atoms with Gasteiger partial charge in [0, 0.05) is 10.9 Å². The topological polar surface area (TPSA) is 83.0 Å². The Kier molecular flexibility index (Phi) is 3.96. The van der Waals surface area contributed by atoms with Gasteiger partial charge >= 0.3 is 5.97 Å². The minimum absolute atomic E-state index is 0.0439. The van der Waals surface area contributed by atoms with E-state index in [1.54, 1.807) is 16.0 Å². The van der Waals surface area contributed by atoms with Gasteiger partial charge in [0.2, 0.25) is 0 Å². The van der Waals surface area contributed by atoms with Crippen molar-refractivity contribution in [3.63, 3.8) is 0 Å². The molecule has 2 aromatic rings. The van der Waals surface area contributed by atoms with Crippen molar-refractivity contribution in [2.75, 3.05) is 7.11 Å². The van der Waals surface area contributed by atoms with Crippen LogP contribution in [0, 0.1) is 6.92 Å².